The molecule has 8 heteroatoms. The van der Waals surface area contributed by atoms with Crippen LogP contribution in [0.4, 0.5) is 11.5 Å². The third-order valence-electron chi connectivity index (χ3n) is 3.93. The van der Waals surface area contributed by atoms with Crippen LogP contribution in [0.15, 0.2) is 66.0 Å². The van der Waals surface area contributed by atoms with Crippen LogP contribution in [0.25, 0.3) is 0 Å². The number of ether oxygens (including phenoxy) is 1. The predicted octanol–water partition coefficient (Wildman–Crippen LogP) is 3.80. The highest BCUT2D eigenvalue weighted by molar-refractivity contribution is 8.00. The number of aromatic nitrogens is 2. The highest BCUT2D eigenvalue weighted by atomic mass is 32.2. The molecule has 0 aliphatic rings. The summed E-state index contributed by atoms with van der Waals surface area (Å²) in [6, 6.07) is 18.5. The lowest BCUT2D eigenvalue weighted by Gasteiger charge is -2.18. The van der Waals surface area contributed by atoms with Crippen molar-refractivity contribution in [3.63, 3.8) is 0 Å². The van der Waals surface area contributed by atoms with Crippen molar-refractivity contribution in [2.75, 3.05) is 17.7 Å². The number of benzene rings is 2. The first kappa shape index (κ1) is 20.2. The van der Waals surface area contributed by atoms with Gasteiger partial charge in [0.1, 0.15) is 28.4 Å². The molecule has 0 radical (unpaired) electrons. The lowest BCUT2D eigenvalue weighted by molar-refractivity contribution is -0.115. The van der Waals surface area contributed by atoms with E-state index in [1.165, 1.54) is 6.20 Å². The predicted molar refractivity (Wildman–Crippen MR) is 112 cm³/mol. The summed E-state index contributed by atoms with van der Waals surface area (Å²) in [5.74, 6) is 0.429. The van der Waals surface area contributed by atoms with E-state index in [4.69, 9.17) is 15.7 Å². The van der Waals surface area contributed by atoms with Gasteiger partial charge in [0, 0.05) is 0 Å². The number of anilines is 2. The molecule has 1 aromatic heterocycles. The Balaban J connectivity index is 1.89. The Labute approximate surface area is 172 Å². The summed E-state index contributed by atoms with van der Waals surface area (Å²) in [5, 5.41) is 11.6. The second-order valence-corrected chi connectivity index (χ2v) is 6.96. The molecule has 1 atom stereocenters. The molecule has 0 spiro atoms. The molecule has 2 aromatic carbocycles. The Hall–Kier alpha value is -3.57. The van der Waals surface area contributed by atoms with Crippen LogP contribution >= 0.6 is 11.8 Å². The summed E-state index contributed by atoms with van der Waals surface area (Å²) in [5.41, 5.74) is 7.36. The van der Waals surface area contributed by atoms with Gasteiger partial charge in [-0.1, -0.05) is 54.2 Å². The molecular weight excluding hydrogens is 386 g/mol. The van der Waals surface area contributed by atoms with Crippen LogP contribution in [0.1, 0.15) is 23.3 Å². The second-order valence-electron chi connectivity index (χ2n) is 5.89. The first-order valence-corrected chi connectivity index (χ1v) is 9.77. The van der Waals surface area contributed by atoms with Crippen LogP contribution in [-0.2, 0) is 4.79 Å². The van der Waals surface area contributed by atoms with Gasteiger partial charge in [0.15, 0.2) is 5.16 Å². The fourth-order valence-electron chi connectivity index (χ4n) is 2.58. The van der Waals surface area contributed by atoms with Crippen LogP contribution in [0.2, 0.25) is 0 Å². The first-order chi connectivity index (χ1) is 14.1. The molecule has 7 nitrogen and oxygen atoms in total. The van der Waals surface area contributed by atoms with Crippen molar-refractivity contribution in [2.24, 2.45) is 0 Å². The van der Waals surface area contributed by atoms with Gasteiger partial charge in [0.05, 0.1) is 18.5 Å². The minimum atomic E-state index is -0.627. The molecule has 0 saturated heterocycles. The monoisotopic (exact) mass is 405 g/mol. The van der Waals surface area contributed by atoms with E-state index < -0.39 is 5.25 Å². The van der Waals surface area contributed by atoms with E-state index in [1.807, 2.05) is 55.5 Å². The van der Waals surface area contributed by atoms with Crippen molar-refractivity contribution in [2.45, 2.75) is 17.3 Å². The summed E-state index contributed by atoms with van der Waals surface area (Å²) < 4.78 is 5.59. The number of rotatable bonds is 7. The molecule has 3 aromatic rings. The van der Waals surface area contributed by atoms with E-state index in [-0.39, 0.29) is 17.3 Å². The third kappa shape index (κ3) is 5.03. The van der Waals surface area contributed by atoms with Crippen molar-refractivity contribution in [3.05, 3.63) is 71.9 Å². The van der Waals surface area contributed by atoms with Gasteiger partial charge in [-0.05, 0) is 24.6 Å². The van der Waals surface area contributed by atoms with Crippen molar-refractivity contribution >= 4 is 29.2 Å². The van der Waals surface area contributed by atoms with E-state index in [9.17, 15) is 4.79 Å². The second kappa shape index (κ2) is 9.57. The highest BCUT2D eigenvalue weighted by Crippen LogP contribution is 2.36. The Morgan fingerprint density at radius 3 is 2.66 bits per heavy atom. The maximum atomic E-state index is 13.2. The zero-order valence-corrected chi connectivity index (χ0v) is 16.5. The van der Waals surface area contributed by atoms with Crippen LogP contribution in [0, 0.1) is 11.3 Å². The summed E-state index contributed by atoms with van der Waals surface area (Å²) in [6.07, 6.45) is 1.36. The average Bonchev–Trinajstić information content (AvgIpc) is 2.74. The van der Waals surface area contributed by atoms with Crippen LogP contribution < -0.4 is 15.8 Å². The van der Waals surface area contributed by atoms with E-state index in [0.29, 0.717) is 23.2 Å². The zero-order chi connectivity index (χ0) is 20.6. The summed E-state index contributed by atoms with van der Waals surface area (Å²) in [7, 11) is 0. The maximum Gasteiger partial charge on any atom is 0.242 e. The number of nitrogen functional groups attached to an aromatic ring is 1. The molecule has 0 aliphatic heterocycles. The molecule has 1 heterocycles. The number of hydrogen-bond donors (Lipinski definition) is 2. The standard InChI is InChI=1S/C21H19N5O2S/c1-2-28-17-11-7-6-10-16(17)25-20(27)18(14-8-4-3-5-9-14)29-21-24-13-15(12-22)19(23)26-21/h3-11,13,18H,2H2,1H3,(H,25,27)(H2,23,24,26). The molecule has 0 aliphatic carbocycles. The maximum absolute atomic E-state index is 13.2. The Bertz CT molecular complexity index is 1040. The number of nitrogens with two attached hydrogens (primary N) is 1. The number of thioether (sulfide) groups is 1. The smallest absolute Gasteiger partial charge is 0.242 e. The molecule has 1 unspecified atom stereocenters. The molecular formula is C21H19N5O2S. The summed E-state index contributed by atoms with van der Waals surface area (Å²) in [6.45, 7) is 2.37. The van der Waals surface area contributed by atoms with Gasteiger partial charge >= 0.3 is 0 Å². The lowest BCUT2D eigenvalue weighted by atomic mass is 10.1. The number of hydrogen-bond acceptors (Lipinski definition) is 7. The topological polar surface area (TPSA) is 114 Å². The van der Waals surface area contributed by atoms with Gasteiger partial charge in [-0.3, -0.25) is 4.79 Å². The number of carbonyl (C=O) groups is 1. The Morgan fingerprint density at radius 2 is 1.97 bits per heavy atom. The molecule has 1 amide bonds. The lowest BCUT2D eigenvalue weighted by Crippen LogP contribution is -2.20. The van der Waals surface area contributed by atoms with E-state index >= 15 is 0 Å². The van der Waals surface area contributed by atoms with E-state index in [2.05, 4.69) is 15.3 Å². The SMILES string of the molecule is CCOc1ccccc1NC(=O)C(Sc1ncc(C#N)c(N)n1)c1ccccc1. The number of carbonyl (C=O) groups excluding carboxylic acids is 1. The van der Waals surface area contributed by atoms with Crippen LogP contribution in [0.5, 0.6) is 5.75 Å². The third-order valence-corrected chi connectivity index (χ3v) is 5.05. The molecule has 146 valence electrons. The van der Waals surface area contributed by atoms with Crippen LogP contribution in [-0.4, -0.2) is 22.5 Å². The average molecular weight is 405 g/mol. The number of para-hydroxylation sites is 2. The number of nitrogens with zero attached hydrogens (tertiary/aromatic N) is 3. The molecule has 3 rings (SSSR count). The van der Waals surface area contributed by atoms with Gasteiger partial charge in [-0.15, -0.1) is 0 Å². The number of nitriles is 1. The summed E-state index contributed by atoms with van der Waals surface area (Å²) >= 11 is 1.16. The van der Waals surface area contributed by atoms with Crippen molar-refractivity contribution in [3.8, 4) is 11.8 Å². The van der Waals surface area contributed by atoms with E-state index in [1.54, 1.807) is 12.1 Å². The minimum Gasteiger partial charge on any atom is -0.492 e. The number of amides is 1. The molecule has 0 bridgehead atoms. The summed E-state index contributed by atoms with van der Waals surface area (Å²) in [4.78, 5) is 21.5. The number of nitrogens with one attached hydrogen (secondary N) is 1. The van der Waals surface area contributed by atoms with Gasteiger partial charge in [0.2, 0.25) is 5.91 Å². The van der Waals surface area contributed by atoms with Crippen LogP contribution in [0.3, 0.4) is 0 Å². The molecule has 0 fully saturated rings. The molecule has 29 heavy (non-hydrogen) atoms. The highest BCUT2D eigenvalue weighted by Gasteiger charge is 2.24. The fourth-order valence-corrected chi connectivity index (χ4v) is 3.51. The van der Waals surface area contributed by atoms with Crippen molar-refractivity contribution in [1.82, 2.24) is 9.97 Å². The van der Waals surface area contributed by atoms with Crippen molar-refractivity contribution in [1.29, 1.82) is 5.26 Å². The van der Waals surface area contributed by atoms with Gasteiger partial charge < -0.3 is 15.8 Å². The quantitative estimate of drug-likeness (QED) is 0.454. The first-order valence-electron chi connectivity index (χ1n) is 8.89. The Kier molecular flexibility index (Phi) is 6.66. The van der Waals surface area contributed by atoms with E-state index in [0.717, 1.165) is 17.3 Å². The normalized spacial score (nSPS) is 11.3. The van der Waals surface area contributed by atoms with Gasteiger partial charge in [0.25, 0.3) is 0 Å². The zero-order valence-electron chi connectivity index (χ0n) is 15.7. The minimum absolute atomic E-state index is 0.0823. The van der Waals surface area contributed by atoms with Gasteiger partial charge in [-0.25, -0.2) is 9.97 Å². The Morgan fingerprint density at radius 1 is 1.24 bits per heavy atom. The fraction of sp³-hybridized carbons (Fsp3) is 0.143. The van der Waals surface area contributed by atoms with Gasteiger partial charge in [-0.2, -0.15) is 5.26 Å². The largest absolute Gasteiger partial charge is 0.492 e. The molecule has 3 N–H and O–H groups in total. The van der Waals surface area contributed by atoms with Crippen molar-refractivity contribution < 1.29 is 9.53 Å². The molecule has 0 saturated carbocycles.